The summed E-state index contributed by atoms with van der Waals surface area (Å²) >= 11 is 0. The number of rotatable bonds is 5. The first-order chi connectivity index (χ1) is 9.16. The van der Waals surface area contributed by atoms with Gasteiger partial charge in [0, 0.05) is 29.9 Å². The van der Waals surface area contributed by atoms with Crippen LogP contribution in [0.3, 0.4) is 0 Å². The molecule has 2 N–H and O–H groups in total. The summed E-state index contributed by atoms with van der Waals surface area (Å²) in [4.78, 5) is 4.28. The van der Waals surface area contributed by atoms with Crippen LogP contribution in [0.1, 0.15) is 29.8 Å². The van der Waals surface area contributed by atoms with Crippen LogP contribution in [0.15, 0.2) is 42.6 Å². The van der Waals surface area contributed by atoms with E-state index in [-0.39, 0.29) is 6.04 Å². The molecule has 1 heterocycles. The van der Waals surface area contributed by atoms with E-state index in [0.29, 0.717) is 6.61 Å². The average molecular weight is 256 g/mol. The van der Waals surface area contributed by atoms with E-state index < -0.39 is 0 Å². The van der Waals surface area contributed by atoms with E-state index in [9.17, 15) is 0 Å². The van der Waals surface area contributed by atoms with Crippen molar-refractivity contribution in [1.29, 1.82) is 0 Å². The Morgan fingerprint density at radius 2 is 2.11 bits per heavy atom. The third kappa shape index (κ3) is 3.80. The molecule has 0 fully saturated rings. The molecule has 2 rings (SSSR count). The van der Waals surface area contributed by atoms with Crippen LogP contribution >= 0.6 is 0 Å². The van der Waals surface area contributed by atoms with E-state index in [4.69, 9.17) is 10.5 Å². The van der Waals surface area contributed by atoms with Gasteiger partial charge in [-0.05, 0) is 37.6 Å². The molecule has 3 nitrogen and oxygen atoms in total. The summed E-state index contributed by atoms with van der Waals surface area (Å²) in [5.74, 6) is 0.880. The second-order valence-corrected chi connectivity index (χ2v) is 4.75. The zero-order chi connectivity index (χ0) is 13.7. The Hall–Kier alpha value is -1.87. The van der Waals surface area contributed by atoms with Crippen molar-refractivity contribution >= 4 is 0 Å². The van der Waals surface area contributed by atoms with Gasteiger partial charge in [-0.3, -0.25) is 4.98 Å². The number of pyridine rings is 1. The summed E-state index contributed by atoms with van der Waals surface area (Å²) < 4.78 is 5.86. The summed E-state index contributed by atoms with van der Waals surface area (Å²) in [5, 5.41) is 0. The second-order valence-electron chi connectivity index (χ2n) is 4.75. The third-order valence-electron chi connectivity index (χ3n) is 3.00. The number of nitrogens with two attached hydrogens (primary N) is 1. The molecule has 19 heavy (non-hydrogen) atoms. The van der Waals surface area contributed by atoms with Crippen molar-refractivity contribution in [2.75, 3.05) is 6.61 Å². The highest BCUT2D eigenvalue weighted by Crippen LogP contribution is 2.25. The van der Waals surface area contributed by atoms with Crippen molar-refractivity contribution in [2.45, 2.75) is 26.3 Å². The lowest BCUT2D eigenvalue weighted by Gasteiger charge is -2.14. The number of hydrogen-bond acceptors (Lipinski definition) is 3. The van der Waals surface area contributed by atoms with Gasteiger partial charge in [-0.2, -0.15) is 0 Å². The van der Waals surface area contributed by atoms with E-state index in [2.05, 4.69) is 18.0 Å². The van der Waals surface area contributed by atoms with E-state index in [1.54, 1.807) is 6.20 Å². The average Bonchev–Trinajstić information content (AvgIpc) is 2.39. The maximum atomic E-state index is 5.96. The van der Waals surface area contributed by atoms with E-state index >= 15 is 0 Å². The van der Waals surface area contributed by atoms with Crippen molar-refractivity contribution in [1.82, 2.24) is 4.98 Å². The van der Waals surface area contributed by atoms with Gasteiger partial charge in [0.2, 0.25) is 0 Å². The smallest absolute Gasteiger partial charge is 0.124 e. The molecule has 2 aromatic rings. The van der Waals surface area contributed by atoms with Crippen molar-refractivity contribution in [3.05, 3.63) is 59.4 Å². The number of aromatic nitrogens is 1. The van der Waals surface area contributed by atoms with Crippen LogP contribution in [0.4, 0.5) is 0 Å². The summed E-state index contributed by atoms with van der Waals surface area (Å²) in [6.07, 6.45) is 2.60. The molecule has 0 aliphatic rings. The number of nitrogens with zero attached hydrogens (tertiary/aromatic N) is 1. The molecule has 0 radical (unpaired) electrons. The molecule has 0 bridgehead atoms. The van der Waals surface area contributed by atoms with Crippen LogP contribution in [-0.2, 0) is 6.42 Å². The summed E-state index contributed by atoms with van der Waals surface area (Å²) in [7, 11) is 0. The molecule has 0 aliphatic carbocycles. The van der Waals surface area contributed by atoms with E-state index in [0.717, 1.165) is 23.4 Å². The summed E-state index contributed by atoms with van der Waals surface area (Å²) in [6.45, 7) is 4.63. The summed E-state index contributed by atoms with van der Waals surface area (Å²) in [5.41, 5.74) is 9.22. The van der Waals surface area contributed by atoms with Gasteiger partial charge in [-0.1, -0.05) is 18.2 Å². The van der Waals surface area contributed by atoms with Crippen LogP contribution in [0.25, 0.3) is 0 Å². The minimum absolute atomic E-state index is 0.0227. The largest absolute Gasteiger partial charge is 0.493 e. The maximum Gasteiger partial charge on any atom is 0.124 e. The number of aryl methyl sites for hydroxylation is 1. The molecule has 0 saturated carbocycles. The Bertz CT molecular complexity index is 524. The highest BCUT2D eigenvalue weighted by molar-refractivity contribution is 5.38. The van der Waals surface area contributed by atoms with Crippen molar-refractivity contribution < 1.29 is 4.74 Å². The first-order valence-corrected chi connectivity index (χ1v) is 6.55. The molecule has 1 unspecified atom stereocenters. The van der Waals surface area contributed by atoms with Crippen LogP contribution < -0.4 is 10.5 Å². The lowest BCUT2D eigenvalue weighted by molar-refractivity contribution is 0.315. The predicted octanol–water partition coefficient (Wildman–Crippen LogP) is 3.03. The molecule has 0 spiro atoms. The van der Waals surface area contributed by atoms with E-state index in [1.165, 1.54) is 5.56 Å². The molecule has 1 atom stereocenters. The Kier molecular flexibility index (Phi) is 4.53. The van der Waals surface area contributed by atoms with Gasteiger partial charge < -0.3 is 10.5 Å². The lowest BCUT2D eigenvalue weighted by atomic mass is 10.1. The molecule has 0 saturated heterocycles. The first-order valence-electron chi connectivity index (χ1n) is 6.55. The highest BCUT2D eigenvalue weighted by atomic mass is 16.5. The second kappa shape index (κ2) is 6.34. The monoisotopic (exact) mass is 256 g/mol. The fourth-order valence-electron chi connectivity index (χ4n) is 1.95. The quantitative estimate of drug-likeness (QED) is 0.894. The summed E-state index contributed by atoms with van der Waals surface area (Å²) in [6, 6.07) is 12.0. The van der Waals surface area contributed by atoms with E-state index in [1.807, 2.05) is 37.3 Å². The lowest BCUT2D eigenvalue weighted by Crippen LogP contribution is -2.10. The predicted molar refractivity (Wildman–Crippen MR) is 77.2 cm³/mol. The van der Waals surface area contributed by atoms with Crippen molar-refractivity contribution in [3.8, 4) is 5.75 Å². The molecule has 3 heteroatoms. The molecule has 0 amide bonds. The van der Waals surface area contributed by atoms with Crippen molar-refractivity contribution in [2.24, 2.45) is 5.73 Å². The number of hydrogen-bond donors (Lipinski definition) is 1. The SMILES string of the molecule is Cc1ccc(C(C)N)c(OCCc2ccccn2)c1. The van der Waals surface area contributed by atoms with Gasteiger partial charge in [0.25, 0.3) is 0 Å². The maximum absolute atomic E-state index is 5.96. The highest BCUT2D eigenvalue weighted by Gasteiger charge is 2.08. The van der Waals surface area contributed by atoms with Gasteiger partial charge in [-0.25, -0.2) is 0 Å². The fraction of sp³-hybridized carbons (Fsp3) is 0.312. The molecule has 0 aliphatic heterocycles. The molecule has 1 aromatic carbocycles. The minimum Gasteiger partial charge on any atom is -0.493 e. The third-order valence-corrected chi connectivity index (χ3v) is 3.00. The van der Waals surface area contributed by atoms with Gasteiger partial charge >= 0.3 is 0 Å². The minimum atomic E-state index is -0.0227. The first kappa shape index (κ1) is 13.6. The molecular weight excluding hydrogens is 236 g/mol. The zero-order valence-corrected chi connectivity index (χ0v) is 11.5. The van der Waals surface area contributed by atoms with Gasteiger partial charge in [0.1, 0.15) is 5.75 Å². The zero-order valence-electron chi connectivity index (χ0n) is 11.5. The fourth-order valence-corrected chi connectivity index (χ4v) is 1.95. The number of ether oxygens (including phenoxy) is 1. The molecule has 100 valence electrons. The Morgan fingerprint density at radius 3 is 2.79 bits per heavy atom. The number of benzene rings is 1. The molecular formula is C16H20N2O. The van der Waals surface area contributed by atoms with Gasteiger partial charge in [0.15, 0.2) is 0 Å². The van der Waals surface area contributed by atoms with Crippen LogP contribution in [0, 0.1) is 6.92 Å². The van der Waals surface area contributed by atoms with Gasteiger partial charge in [-0.15, -0.1) is 0 Å². The Balaban J connectivity index is 2.01. The van der Waals surface area contributed by atoms with Crippen molar-refractivity contribution in [3.63, 3.8) is 0 Å². The van der Waals surface area contributed by atoms with Crippen LogP contribution in [0.2, 0.25) is 0 Å². The topological polar surface area (TPSA) is 48.1 Å². The molecule has 1 aromatic heterocycles. The standard InChI is InChI=1S/C16H20N2O/c1-12-6-7-15(13(2)17)16(11-12)19-10-8-14-5-3-4-9-18-14/h3-7,9,11,13H,8,10,17H2,1-2H3. The van der Waals surface area contributed by atoms with Gasteiger partial charge in [0.05, 0.1) is 6.61 Å². The normalized spacial score (nSPS) is 12.2. The Labute approximate surface area is 114 Å². The Morgan fingerprint density at radius 1 is 1.26 bits per heavy atom. The van der Waals surface area contributed by atoms with Crippen LogP contribution in [0.5, 0.6) is 5.75 Å². The van der Waals surface area contributed by atoms with Crippen LogP contribution in [-0.4, -0.2) is 11.6 Å².